The molecule has 0 radical (unpaired) electrons. The van der Waals surface area contributed by atoms with Crippen LogP contribution in [0.5, 0.6) is 0 Å². The molecule has 0 atom stereocenters. The Kier molecular flexibility index (Phi) is 4.27. The molecule has 0 heterocycles. The van der Waals surface area contributed by atoms with Crippen LogP contribution in [0.3, 0.4) is 0 Å². The lowest BCUT2D eigenvalue weighted by molar-refractivity contribution is 0.333. The highest BCUT2D eigenvalue weighted by molar-refractivity contribution is 7.91. The van der Waals surface area contributed by atoms with Crippen molar-refractivity contribution in [2.45, 2.75) is 37.5 Å². The summed E-state index contributed by atoms with van der Waals surface area (Å²) in [5, 5.41) is 3.36. The number of benzene rings is 1. The van der Waals surface area contributed by atoms with Crippen molar-refractivity contribution in [1.29, 1.82) is 0 Å². The zero-order valence-corrected chi connectivity index (χ0v) is 11.7. The highest BCUT2D eigenvalue weighted by atomic mass is 32.2. The summed E-state index contributed by atoms with van der Waals surface area (Å²) in [5.41, 5.74) is 1.01. The first-order chi connectivity index (χ1) is 8.62. The molecule has 2 rings (SSSR count). The van der Waals surface area contributed by atoms with E-state index < -0.39 is 9.84 Å². The van der Waals surface area contributed by atoms with Gasteiger partial charge in [-0.3, -0.25) is 0 Å². The van der Waals surface area contributed by atoms with Crippen molar-refractivity contribution in [3.05, 3.63) is 24.3 Å². The minimum Gasteiger partial charge on any atom is -0.385 e. The first-order valence-corrected chi connectivity index (χ1v) is 8.34. The molecule has 0 spiro atoms. The molecule has 1 aliphatic carbocycles. The molecule has 4 heteroatoms. The average Bonchev–Trinajstić information content (AvgIpc) is 2.27. The van der Waals surface area contributed by atoms with Gasteiger partial charge in [-0.05, 0) is 49.4 Å². The summed E-state index contributed by atoms with van der Waals surface area (Å²) in [6.45, 7) is 2.88. The maximum Gasteiger partial charge on any atom is 0.178 e. The minimum atomic E-state index is -3.08. The molecule has 1 fully saturated rings. The van der Waals surface area contributed by atoms with Crippen LogP contribution in [0.1, 0.15) is 32.6 Å². The van der Waals surface area contributed by atoms with Gasteiger partial charge in [-0.25, -0.2) is 8.42 Å². The third-order valence-corrected chi connectivity index (χ3v) is 5.44. The molecular weight excluding hydrogens is 246 g/mol. The molecule has 0 saturated heterocycles. The fraction of sp³-hybridized carbons (Fsp3) is 0.571. The molecule has 1 aromatic rings. The fourth-order valence-electron chi connectivity index (χ4n) is 2.13. The number of hydrogen-bond acceptors (Lipinski definition) is 3. The van der Waals surface area contributed by atoms with Gasteiger partial charge in [0.25, 0.3) is 0 Å². The maximum absolute atomic E-state index is 11.8. The second kappa shape index (κ2) is 5.74. The lowest BCUT2D eigenvalue weighted by atomic mass is 9.85. The van der Waals surface area contributed by atoms with Crippen LogP contribution in [0, 0.1) is 5.92 Å². The van der Waals surface area contributed by atoms with Crippen molar-refractivity contribution in [2.24, 2.45) is 5.92 Å². The number of rotatable bonds is 6. The van der Waals surface area contributed by atoms with E-state index in [9.17, 15) is 8.42 Å². The van der Waals surface area contributed by atoms with Gasteiger partial charge in [0.15, 0.2) is 9.84 Å². The van der Waals surface area contributed by atoms with E-state index in [1.165, 1.54) is 19.3 Å². The number of sulfone groups is 1. The predicted octanol–water partition coefficient (Wildman–Crippen LogP) is 3.08. The molecule has 1 aromatic carbocycles. The smallest absolute Gasteiger partial charge is 0.178 e. The van der Waals surface area contributed by atoms with Crippen molar-refractivity contribution < 1.29 is 8.42 Å². The Hall–Kier alpha value is -1.03. The molecule has 0 aliphatic heterocycles. The highest BCUT2D eigenvalue weighted by Crippen LogP contribution is 2.26. The molecule has 0 aromatic heterocycles. The molecule has 1 aliphatic rings. The standard InChI is InChI=1S/C14H21NO2S/c1-2-10-18(16,17)14-8-6-13(7-9-14)15-11-12-4-3-5-12/h6-9,12,15H,2-5,10-11H2,1H3. The first-order valence-electron chi connectivity index (χ1n) is 6.68. The van der Waals surface area contributed by atoms with Crippen LogP contribution < -0.4 is 5.32 Å². The lowest BCUT2D eigenvalue weighted by Crippen LogP contribution is -2.20. The molecule has 3 nitrogen and oxygen atoms in total. The second-order valence-corrected chi connectivity index (χ2v) is 7.13. The summed E-state index contributed by atoms with van der Waals surface area (Å²) >= 11 is 0. The van der Waals surface area contributed by atoms with Gasteiger partial charge in [0.1, 0.15) is 0 Å². The van der Waals surface area contributed by atoms with E-state index in [4.69, 9.17) is 0 Å². The summed E-state index contributed by atoms with van der Waals surface area (Å²) in [7, 11) is -3.08. The SMILES string of the molecule is CCCS(=O)(=O)c1ccc(NCC2CCC2)cc1. The van der Waals surface area contributed by atoms with E-state index in [0.717, 1.165) is 18.2 Å². The molecule has 1 N–H and O–H groups in total. The van der Waals surface area contributed by atoms with E-state index in [2.05, 4.69) is 5.32 Å². The second-order valence-electron chi connectivity index (χ2n) is 5.02. The maximum atomic E-state index is 11.8. The van der Waals surface area contributed by atoms with Gasteiger partial charge in [0, 0.05) is 12.2 Å². The van der Waals surface area contributed by atoms with Crippen molar-refractivity contribution in [1.82, 2.24) is 0 Å². The Morgan fingerprint density at radius 3 is 2.39 bits per heavy atom. The average molecular weight is 267 g/mol. The van der Waals surface area contributed by atoms with E-state index in [0.29, 0.717) is 11.3 Å². The summed E-state index contributed by atoms with van der Waals surface area (Å²) < 4.78 is 23.7. The Labute approximate surface area is 110 Å². The molecule has 1 saturated carbocycles. The monoisotopic (exact) mass is 267 g/mol. The van der Waals surface area contributed by atoms with Crippen molar-refractivity contribution >= 4 is 15.5 Å². The third-order valence-electron chi connectivity index (χ3n) is 3.51. The normalized spacial score (nSPS) is 16.3. The fourth-order valence-corrected chi connectivity index (χ4v) is 3.45. The first kappa shape index (κ1) is 13.4. The van der Waals surface area contributed by atoms with Crippen molar-refractivity contribution in [3.63, 3.8) is 0 Å². The van der Waals surface area contributed by atoms with Crippen LogP contribution in [0.15, 0.2) is 29.2 Å². The topological polar surface area (TPSA) is 46.2 Å². The van der Waals surface area contributed by atoms with Crippen molar-refractivity contribution in [3.8, 4) is 0 Å². The van der Waals surface area contributed by atoms with Gasteiger partial charge in [-0.1, -0.05) is 13.3 Å². The summed E-state index contributed by atoms with van der Waals surface area (Å²) in [6.07, 6.45) is 4.64. The zero-order chi connectivity index (χ0) is 13.0. The largest absolute Gasteiger partial charge is 0.385 e. The Balaban J connectivity index is 1.96. The summed E-state index contributed by atoms with van der Waals surface area (Å²) in [5.74, 6) is 1.02. The van der Waals surface area contributed by atoms with E-state index in [1.807, 2.05) is 19.1 Å². The number of anilines is 1. The van der Waals surface area contributed by atoms with Crippen LogP contribution in [0.4, 0.5) is 5.69 Å². The Bertz CT molecular complexity index is 475. The van der Waals surface area contributed by atoms with Crippen LogP contribution >= 0.6 is 0 Å². The van der Waals surface area contributed by atoms with Gasteiger partial charge < -0.3 is 5.32 Å². The van der Waals surface area contributed by atoms with Crippen LogP contribution in [-0.2, 0) is 9.84 Å². The molecule has 100 valence electrons. The van der Waals surface area contributed by atoms with E-state index in [1.54, 1.807) is 12.1 Å². The Morgan fingerprint density at radius 1 is 1.22 bits per heavy atom. The molecule has 0 amide bonds. The van der Waals surface area contributed by atoms with Gasteiger partial charge in [-0.15, -0.1) is 0 Å². The quantitative estimate of drug-likeness (QED) is 0.861. The van der Waals surface area contributed by atoms with Gasteiger partial charge in [0.2, 0.25) is 0 Å². The summed E-state index contributed by atoms with van der Waals surface area (Å²) in [6, 6.07) is 7.13. The van der Waals surface area contributed by atoms with E-state index >= 15 is 0 Å². The molecule has 0 unspecified atom stereocenters. The lowest BCUT2D eigenvalue weighted by Gasteiger charge is -2.25. The van der Waals surface area contributed by atoms with Crippen molar-refractivity contribution in [2.75, 3.05) is 17.6 Å². The third kappa shape index (κ3) is 3.25. The zero-order valence-electron chi connectivity index (χ0n) is 10.9. The van der Waals surface area contributed by atoms with Crippen LogP contribution in [-0.4, -0.2) is 20.7 Å². The molecule has 0 bridgehead atoms. The van der Waals surface area contributed by atoms with Gasteiger partial charge in [0.05, 0.1) is 10.6 Å². The van der Waals surface area contributed by atoms with E-state index in [-0.39, 0.29) is 5.75 Å². The predicted molar refractivity (Wildman–Crippen MR) is 74.6 cm³/mol. The molecular formula is C14H21NO2S. The van der Waals surface area contributed by atoms with Gasteiger partial charge >= 0.3 is 0 Å². The highest BCUT2D eigenvalue weighted by Gasteiger charge is 2.17. The van der Waals surface area contributed by atoms with Gasteiger partial charge in [-0.2, -0.15) is 0 Å². The Morgan fingerprint density at radius 2 is 1.89 bits per heavy atom. The molecule has 18 heavy (non-hydrogen) atoms. The van der Waals surface area contributed by atoms with Crippen LogP contribution in [0.2, 0.25) is 0 Å². The van der Waals surface area contributed by atoms with Crippen LogP contribution in [0.25, 0.3) is 0 Å². The summed E-state index contributed by atoms with van der Waals surface area (Å²) in [4.78, 5) is 0.429. The minimum absolute atomic E-state index is 0.224. The number of hydrogen-bond donors (Lipinski definition) is 1. The number of nitrogens with one attached hydrogen (secondary N) is 1.